The third-order valence-corrected chi connectivity index (χ3v) is 7.50. The van der Waals surface area contributed by atoms with Crippen LogP contribution < -0.4 is 10.6 Å². The van der Waals surface area contributed by atoms with Crippen LogP contribution in [0.15, 0.2) is 24.3 Å². The average molecular weight is 399 g/mol. The molecule has 28 heavy (non-hydrogen) atoms. The van der Waals surface area contributed by atoms with Crippen molar-refractivity contribution in [3.63, 3.8) is 0 Å². The molecule has 7 heteroatoms. The van der Waals surface area contributed by atoms with Crippen LogP contribution in [0.2, 0.25) is 0 Å². The minimum Gasteiger partial charge on any atom is -0.348 e. The molecule has 0 aliphatic carbocycles. The number of amides is 2. The summed E-state index contributed by atoms with van der Waals surface area (Å²) in [4.78, 5) is 30.5. The van der Waals surface area contributed by atoms with Crippen LogP contribution in [-0.2, 0) is 0 Å². The van der Waals surface area contributed by atoms with Gasteiger partial charge >= 0.3 is 0 Å². The highest BCUT2D eigenvalue weighted by Gasteiger charge is 2.39. The van der Waals surface area contributed by atoms with Gasteiger partial charge in [0.1, 0.15) is 0 Å². The van der Waals surface area contributed by atoms with E-state index < -0.39 is 0 Å². The zero-order valence-corrected chi connectivity index (χ0v) is 16.9. The molecule has 5 rings (SSSR count). The molecule has 3 fully saturated rings. The molecule has 2 amide bonds. The number of rotatable bonds is 3. The Labute approximate surface area is 168 Å². The molecule has 148 valence electrons. The minimum atomic E-state index is -0.0144. The lowest BCUT2D eigenvalue weighted by Gasteiger charge is -2.32. The highest BCUT2D eigenvalue weighted by molar-refractivity contribution is 7.20. The number of hydrogen-bond acceptors (Lipinski definition) is 5. The maximum absolute atomic E-state index is 12.8. The second kappa shape index (κ2) is 7.13. The van der Waals surface area contributed by atoms with Gasteiger partial charge in [-0.05, 0) is 56.0 Å². The number of carbonyl (C=O) groups excluding carboxylic acids is 2. The van der Waals surface area contributed by atoms with Gasteiger partial charge in [-0.2, -0.15) is 0 Å². The van der Waals surface area contributed by atoms with Crippen molar-refractivity contribution in [3.05, 3.63) is 34.7 Å². The summed E-state index contributed by atoms with van der Waals surface area (Å²) in [5.41, 5.74) is 0.673. The Hall–Kier alpha value is -1.96. The molecule has 3 atom stereocenters. The molecule has 2 aromatic rings. The Balaban J connectivity index is 1.31. The Morgan fingerprint density at radius 2 is 1.96 bits per heavy atom. The largest absolute Gasteiger partial charge is 0.348 e. The first-order valence-electron chi connectivity index (χ1n) is 10.1. The van der Waals surface area contributed by atoms with E-state index in [2.05, 4.69) is 22.6 Å². The summed E-state index contributed by atoms with van der Waals surface area (Å²) in [6.07, 6.45) is 3.40. The molecule has 3 aliphatic heterocycles. The number of hydrogen-bond donors (Lipinski definition) is 2. The molecule has 1 aromatic carbocycles. The average Bonchev–Trinajstić information content (AvgIpc) is 3.42. The van der Waals surface area contributed by atoms with E-state index in [4.69, 9.17) is 0 Å². The lowest BCUT2D eigenvalue weighted by Crippen LogP contribution is -2.46. The van der Waals surface area contributed by atoms with Gasteiger partial charge in [-0.1, -0.05) is 0 Å². The molecular weight excluding hydrogens is 372 g/mol. The molecule has 0 unspecified atom stereocenters. The molecule has 1 aromatic heterocycles. The van der Waals surface area contributed by atoms with Gasteiger partial charge in [0.2, 0.25) is 0 Å². The predicted molar refractivity (Wildman–Crippen MR) is 111 cm³/mol. The Bertz CT molecular complexity index is 918. The van der Waals surface area contributed by atoms with Gasteiger partial charge in [-0.25, -0.2) is 0 Å². The molecule has 3 aliphatic rings. The standard InChI is InChI=1S/C21H26N4O2S/c1-24-6-8-25(9-7-24)21(27)19-11-14-10-13(2-5-18(14)28-19)20(26)23-17-12-15-3-4-16(17)22-15/h2,5,10-11,15-17,22H,3-4,6-9,12H2,1H3,(H,23,26)/t15-,16+,17-/m1/s1. The Morgan fingerprint density at radius 1 is 1.14 bits per heavy atom. The van der Waals surface area contributed by atoms with E-state index >= 15 is 0 Å². The topological polar surface area (TPSA) is 64.7 Å². The second-order valence-corrected chi connectivity index (χ2v) is 9.41. The molecular formula is C21H26N4O2S. The molecule has 6 nitrogen and oxygen atoms in total. The smallest absolute Gasteiger partial charge is 0.264 e. The second-order valence-electron chi connectivity index (χ2n) is 8.32. The zero-order chi connectivity index (χ0) is 19.3. The fraction of sp³-hybridized carbons (Fsp3) is 0.524. The van der Waals surface area contributed by atoms with Crippen molar-refractivity contribution in [2.75, 3.05) is 33.2 Å². The SMILES string of the molecule is CN1CCN(C(=O)c2cc3cc(C(=O)N[C@@H]4C[C@H]5CC[C@@H]4N5)ccc3s2)CC1. The number of likely N-dealkylation sites (N-methyl/N-ethyl adjacent to an activating group) is 1. The number of fused-ring (bicyclic) bond motifs is 3. The minimum absolute atomic E-state index is 0.0144. The number of carbonyl (C=O) groups is 2. The maximum Gasteiger partial charge on any atom is 0.264 e. The maximum atomic E-state index is 12.8. The summed E-state index contributed by atoms with van der Waals surface area (Å²) in [7, 11) is 2.08. The third kappa shape index (κ3) is 3.32. The van der Waals surface area contributed by atoms with E-state index in [0.717, 1.165) is 54.0 Å². The first-order valence-corrected chi connectivity index (χ1v) is 11.0. The fourth-order valence-electron chi connectivity index (χ4n) is 4.69. The molecule has 0 spiro atoms. The van der Waals surface area contributed by atoms with E-state index in [1.54, 1.807) is 0 Å². The van der Waals surface area contributed by atoms with Gasteiger partial charge < -0.3 is 20.4 Å². The van der Waals surface area contributed by atoms with E-state index in [9.17, 15) is 9.59 Å². The van der Waals surface area contributed by atoms with E-state index in [1.165, 1.54) is 17.8 Å². The predicted octanol–water partition coefficient (Wildman–Crippen LogP) is 1.91. The Morgan fingerprint density at radius 3 is 2.68 bits per heavy atom. The molecule has 0 saturated carbocycles. The number of nitrogens with zero attached hydrogens (tertiary/aromatic N) is 2. The van der Waals surface area contributed by atoms with Crippen LogP contribution in [0.1, 0.15) is 39.3 Å². The van der Waals surface area contributed by atoms with Crippen molar-refractivity contribution in [1.82, 2.24) is 20.4 Å². The summed E-state index contributed by atoms with van der Waals surface area (Å²) >= 11 is 1.52. The number of piperazine rings is 1. The van der Waals surface area contributed by atoms with Gasteiger partial charge in [0.25, 0.3) is 11.8 Å². The molecule has 0 radical (unpaired) electrons. The highest BCUT2D eigenvalue weighted by atomic mass is 32.1. The van der Waals surface area contributed by atoms with Gasteiger partial charge in [0.05, 0.1) is 4.88 Å². The van der Waals surface area contributed by atoms with E-state index in [1.807, 2.05) is 29.2 Å². The van der Waals surface area contributed by atoms with Crippen LogP contribution >= 0.6 is 11.3 Å². The van der Waals surface area contributed by atoms with Gasteiger partial charge in [-0.15, -0.1) is 11.3 Å². The summed E-state index contributed by atoms with van der Waals surface area (Å²) in [6, 6.07) is 8.93. The van der Waals surface area contributed by atoms with Gasteiger partial charge in [0.15, 0.2) is 0 Å². The summed E-state index contributed by atoms with van der Waals surface area (Å²) < 4.78 is 1.05. The van der Waals surface area contributed by atoms with Crippen LogP contribution in [0.3, 0.4) is 0 Å². The van der Waals surface area contributed by atoms with Crippen molar-refractivity contribution < 1.29 is 9.59 Å². The zero-order valence-electron chi connectivity index (χ0n) is 16.1. The summed E-state index contributed by atoms with van der Waals surface area (Å²) in [5.74, 6) is 0.0905. The van der Waals surface area contributed by atoms with E-state index in [-0.39, 0.29) is 17.9 Å². The molecule has 2 bridgehead atoms. The normalized spacial score (nSPS) is 27.5. The third-order valence-electron chi connectivity index (χ3n) is 6.40. The molecule has 4 heterocycles. The number of nitrogens with one attached hydrogen (secondary N) is 2. The van der Waals surface area contributed by atoms with Gasteiger partial charge in [0, 0.05) is 54.6 Å². The lowest BCUT2D eigenvalue weighted by molar-refractivity contribution is 0.0669. The quantitative estimate of drug-likeness (QED) is 0.829. The molecule has 2 N–H and O–H groups in total. The Kier molecular flexibility index (Phi) is 4.61. The van der Waals surface area contributed by atoms with Crippen LogP contribution in [0.5, 0.6) is 0 Å². The van der Waals surface area contributed by atoms with Gasteiger partial charge in [-0.3, -0.25) is 9.59 Å². The summed E-state index contributed by atoms with van der Waals surface area (Å²) in [5, 5.41) is 7.73. The van der Waals surface area contributed by atoms with Crippen molar-refractivity contribution >= 4 is 33.2 Å². The van der Waals surface area contributed by atoms with Crippen molar-refractivity contribution in [2.45, 2.75) is 37.4 Å². The highest BCUT2D eigenvalue weighted by Crippen LogP contribution is 2.30. The fourth-order valence-corrected chi connectivity index (χ4v) is 5.70. The van der Waals surface area contributed by atoms with Crippen molar-refractivity contribution in [1.29, 1.82) is 0 Å². The van der Waals surface area contributed by atoms with Crippen LogP contribution in [0.4, 0.5) is 0 Å². The van der Waals surface area contributed by atoms with Crippen LogP contribution in [0, 0.1) is 0 Å². The summed E-state index contributed by atoms with van der Waals surface area (Å²) in [6.45, 7) is 3.38. The number of thiophene rings is 1. The lowest BCUT2D eigenvalue weighted by atomic mass is 9.95. The number of benzene rings is 1. The van der Waals surface area contributed by atoms with E-state index in [0.29, 0.717) is 17.6 Å². The van der Waals surface area contributed by atoms with Crippen molar-refractivity contribution in [2.24, 2.45) is 0 Å². The van der Waals surface area contributed by atoms with Crippen LogP contribution in [-0.4, -0.2) is 73.0 Å². The first-order chi connectivity index (χ1) is 13.6. The van der Waals surface area contributed by atoms with Crippen molar-refractivity contribution in [3.8, 4) is 0 Å². The van der Waals surface area contributed by atoms with Crippen LogP contribution in [0.25, 0.3) is 10.1 Å². The first kappa shape index (κ1) is 18.1. The molecule has 3 saturated heterocycles. The monoisotopic (exact) mass is 398 g/mol.